The van der Waals surface area contributed by atoms with Crippen LogP contribution in [0.1, 0.15) is 15.9 Å². The summed E-state index contributed by atoms with van der Waals surface area (Å²) in [5, 5.41) is 8.96. The molecule has 1 heterocycles. The van der Waals surface area contributed by atoms with E-state index in [1.54, 1.807) is 24.3 Å². The molecule has 0 aliphatic carbocycles. The number of carbonyl (C=O) groups is 2. The van der Waals surface area contributed by atoms with Crippen LogP contribution in [0.5, 0.6) is 0 Å². The van der Waals surface area contributed by atoms with E-state index in [-0.39, 0.29) is 18.4 Å². The van der Waals surface area contributed by atoms with Crippen molar-refractivity contribution in [2.45, 2.75) is 6.54 Å². The molecule has 0 radical (unpaired) electrons. The molecule has 7 nitrogen and oxygen atoms in total. The average molecular weight is 445 g/mol. The van der Waals surface area contributed by atoms with Crippen molar-refractivity contribution < 1.29 is 14.3 Å². The Balaban J connectivity index is 1.37. The lowest BCUT2D eigenvalue weighted by atomic mass is 10.1. The molecule has 2 amide bonds. The van der Waals surface area contributed by atoms with Gasteiger partial charge in [-0.05, 0) is 35.9 Å². The number of nitrogens with zero attached hydrogens (tertiary/aromatic N) is 1. The summed E-state index contributed by atoms with van der Waals surface area (Å²) in [6, 6.07) is 24.2. The summed E-state index contributed by atoms with van der Waals surface area (Å²) in [4.78, 5) is 27.8. The second-order valence-electron chi connectivity index (χ2n) is 7.81. The third-order valence-corrected chi connectivity index (χ3v) is 5.43. The van der Waals surface area contributed by atoms with Crippen LogP contribution in [-0.4, -0.2) is 49.6 Å². The van der Waals surface area contributed by atoms with Crippen LogP contribution in [0.15, 0.2) is 78.9 Å². The van der Waals surface area contributed by atoms with E-state index in [0.717, 1.165) is 44.1 Å². The lowest BCUT2D eigenvalue weighted by molar-refractivity contribution is -0.114. The van der Waals surface area contributed by atoms with Gasteiger partial charge in [0, 0.05) is 31.0 Å². The minimum absolute atomic E-state index is 0.0920. The fourth-order valence-corrected chi connectivity index (χ4v) is 3.71. The van der Waals surface area contributed by atoms with Gasteiger partial charge >= 0.3 is 0 Å². The molecule has 3 aromatic carbocycles. The van der Waals surface area contributed by atoms with Crippen molar-refractivity contribution in [3.8, 4) is 0 Å². The summed E-state index contributed by atoms with van der Waals surface area (Å²) in [5.41, 5.74) is 3.63. The SMILES string of the molecule is O=C(CNc1ccccc1CN1CCOCC1)Nc1ccccc1C(=O)Nc1ccccc1. The number of hydrogen-bond donors (Lipinski definition) is 3. The zero-order valence-corrected chi connectivity index (χ0v) is 18.4. The third kappa shape index (κ3) is 6.41. The van der Waals surface area contributed by atoms with Crippen molar-refractivity contribution in [2.24, 2.45) is 0 Å². The normalized spacial score (nSPS) is 13.8. The fraction of sp³-hybridized carbons (Fsp3) is 0.231. The molecule has 1 aliphatic heterocycles. The van der Waals surface area contributed by atoms with Crippen LogP contribution >= 0.6 is 0 Å². The van der Waals surface area contributed by atoms with Gasteiger partial charge in [-0.15, -0.1) is 0 Å². The quantitative estimate of drug-likeness (QED) is 0.492. The Labute approximate surface area is 193 Å². The minimum Gasteiger partial charge on any atom is -0.379 e. The second kappa shape index (κ2) is 11.3. The van der Waals surface area contributed by atoms with Gasteiger partial charge in [-0.1, -0.05) is 48.5 Å². The maximum absolute atomic E-state index is 12.7. The summed E-state index contributed by atoms with van der Waals surface area (Å²) in [5.74, 6) is -0.503. The topological polar surface area (TPSA) is 82.7 Å². The molecule has 0 bridgehead atoms. The summed E-state index contributed by atoms with van der Waals surface area (Å²) in [6.45, 7) is 4.18. The highest BCUT2D eigenvalue weighted by molar-refractivity contribution is 6.10. The van der Waals surface area contributed by atoms with Crippen molar-refractivity contribution >= 4 is 28.9 Å². The van der Waals surface area contributed by atoms with Crippen molar-refractivity contribution in [3.63, 3.8) is 0 Å². The molecule has 0 spiro atoms. The molecule has 1 fully saturated rings. The Morgan fingerprint density at radius 1 is 0.788 bits per heavy atom. The molecular formula is C26H28N4O3. The molecule has 3 aromatic rings. The Hall–Kier alpha value is -3.68. The summed E-state index contributed by atoms with van der Waals surface area (Å²) in [7, 11) is 0. The first-order valence-corrected chi connectivity index (χ1v) is 11.1. The second-order valence-corrected chi connectivity index (χ2v) is 7.81. The van der Waals surface area contributed by atoms with Crippen LogP contribution in [0.3, 0.4) is 0 Å². The molecule has 4 rings (SSSR count). The number of carbonyl (C=O) groups excluding carboxylic acids is 2. The lowest BCUT2D eigenvalue weighted by Crippen LogP contribution is -2.35. The Morgan fingerprint density at radius 2 is 1.45 bits per heavy atom. The third-order valence-electron chi connectivity index (χ3n) is 5.43. The standard InChI is InChI=1S/C26H28N4O3/c31-25(18-27-23-12-6-4-8-20(23)19-30-14-16-33-17-15-30)29-24-13-7-5-11-22(24)26(32)28-21-9-2-1-3-10-21/h1-13,27H,14-19H2,(H,28,32)(H,29,31). The number of nitrogens with one attached hydrogen (secondary N) is 3. The number of morpholine rings is 1. The Bertz CT molecular complexity index is 1080. The summed E-state index contributed by atoms with van der Waals surface area (Å²) < 4.78 is 5.42. The van der Waals surface area contributed by atoms with Crippen LogP contribution in [0.25, 0.3) is 0 Å². The van der Waals surface area contributed by atoms with Gasteiger partial charge in [0.25, 0.3) is 5.91 Å². The number of hydrogen-bond acceptors (Lipinski definition) is 5. The van der Waals surface area contributed by atoms with Gasteiger partial charge in [-0.25, -0.2) is 0 Å². The first-order chi connectivity index (χ1) is 16.2. The van der Waals surface area contributed by atoms with Gasteiger partial charge in [-0.2, -0.15) is 0 Å². The number of benzene rings is 3. The first kappa shape index (κ1) is 22.5. The van der Waals surface area contributed by atoms with E-state index in [1.165, 1.54) is 0 Å². The van der Waals surface area contributed by atoms with Crippen molar-refractivity contribution in [3.05, 3.63) is 90.0 Å². The van der Waals surface area contributed by atoms with Gasteiger partial charge in [0.2, 0.25) is 5.91 Å². The van der Waals surface area contributed by atoms with Gasteiger partial charge in [0.15, 0.2) is 0 Å². The molecule has 3 N–H and O–H groups in total. The van der Waals surface area contributed by atoms with Gasteiger partial charge < -0.3 is 20.7 Å². The van der Waals surface area contributed by atoms with Crippen LogP contribution < -0.4 is 16.0 Å². The van der Waals surface area contributed by atoms with E-state index >= 15 is 0 Å². The van der Waals surface area contributed by atoms with Crippen LogP contribution in [-0.2, 0) is 16.1 Å². The first-order valence-electron chi connectivity index (χ1n) is 11.1. The number of ether oxygens (including phenoxy) is 1. The van der Waals surface area contributed by atoms with Crippen molar-refractivity contribution in [1.82, 2.24) is 4.90 Å². The van der Waals surface area contributed by atoms with E-state index < -0.39 is 0 Å². The molecule has 170 valence electrons. The fourth-order valence-electron chi connectivity index (χ4n) is 3.71. The zero-order valence-electron chi connectivity index (χ0n) is 18.4. The van der Waals surface area contributed by atoms with Gasteiger partial charge in [0.1, 0.15) is 0 Å². The summed E-state index contributed by atoms with van der Waals surface area (Å²) >= 11 is 0. The van der Waals surface area contributed by atoms with Gasteiger partial charge in [0.05, 0.1) is 31.0 Å². The predicted octanol–water partition coefficient (Wildman–Crippen LogP) is 3.82. The lowest BCUT2D eigenvalue weighted by Gasteiger charge is -2.27. The van der Waals surface area contributed by atoms with Crippen LogP contribution in [0.2, 0.25) is 0 Å². The summed E-state index contributed by atoms with van der Waals surface area (Å²) in [6.07, 6.45) is 0. The molecule has 0 saturated carbocycles. The van der Waals surface area contributed by atoms with E-state index in [9.17, 15) is 9.59 Å². The Morgan fingerprint density at radius 3 is 2.24 bits per heavy atom. The highest BCUT2D eigenvalue weighted by Gasteiger charge is 2.15. The largest absolute Gasteiger partial charge is 0.379 e. The molecule has 0 unspecified atom stereocenters. The molecule has 1 aliphatic rings. The van der Waals surface area contributed by atoms with Crippen LogP contribution in [0.4, 0.5) is 17.1 Å². The molecule has 33 heavy (non-hydrogen) atoms. The van der Waals surface area contributed by atoms with Gasteiger partial charge in [-0.3, -0.25) is 14.5 Å². The van der Waals surface area contributed by atoms with Crippen molar-refractivity contribution in [1.29, 1.82) is 0 Å². The molecule has 1 saturated heterocycles. The molecule has 0 aromatic heterocycles. The maximum Gasteiger partial charge on any atom is 0.257 e. The van der Waals surface area contributed by atoms with Crippen LogP contribution in [0, 0.1) is 0 Å². The van der Waals surface area contributed by atoms with Crippen molar-refractivity contribution in [2.75, 3.05) is 48.8 Å². The number of anilines is 3. The zero-order chi connectivity index (χ0) is 22.9. The van der Waals surface area contributed by atoms with E-state index in [4.69, 9.17) is 4.74 Å². The average Bonchev–Trinajstić information content (AvgIpc) is 2.85. The number of amides is 2. The Kier molecular flexibility index (Phi) is 7.68. The van der Waals surface area contributed by atoms with E-state index in [0.29, 0.717) is 16.9 Å². The monoisotopic (exact) mass is 444 g/mol. The number of rotatable bonds is 8. The number of para-hydroxylation sites is 3. The maximum atomic E-state index is 12.7. The smallest absolute Gasteiger partial charge is 0.257 e. The molecular weight excluding hydrogens is 416 g/mol. The highest BCUT2D eigenvalue weighted by Crippen LogP contribution is 2.19. The van der Waals surface area contributed by atoms with E-state index in [1.807, 2.05) is 48.5 Å². The molecule has 7 heteroatoms. The minimum atomic E-state index is -0.277. The predicted molar refractivity (Wildman–Crippen MR) is 130 cm³/mol. The van der Waals surface area contributed by atoms with E-state index in [2.05, 4.69) is 26.9 Å². The highest BCUT2D eigenvalue weighted by atomic mass is 16.5. The molecule has 0 atom stereocenters.